The summed E-state index contributed by atoms with van der Waals surface area (Å²) in [6, 6.07) is 21.7. The zero-order chi connectivity index (χ0) is 21.3. The van der Waals surface area contributed by atoms with E-state index in [9.17, 15) is 9.59 Å². The van der Waals surface area contributed by atoms with Crippen LogP contribution in [0.5, 0.6) is 5.75 Å². The molecule has 1 amide bonds. The second-order valence-corrected chi connectivity index (χ2v) is 6.61. The summed E-state index contributed by atoms with van der Waals surface area (Å²) in [6.07, 6.45) is 1.57. The Balaban J connectivity index is 1.49. The van der Waals surface area contributed by atoms with Crippen LogP contribution in [-0.4, -0.2) is 25.2 Å². The highest BCUT2D eigenvalue weighted by molar-refractivity contribution is 5.94. The molecule has 0 aromatic heterocycles. The van der Waals surface area contributed by atoms with Crippen LogP contribution in [-0.2, 0) is 11.3 Å². The molecule has 152 valence electrons. The van der Waals surface area contributed by atoms with Crippen molar-refractivity contribution in [2.24, 2.45) is 5.10 Å². The molecule has 0 aliphatic rings. The van der Waals surface area contributed by atoms with Gasteiger partial charge in [0, 0.05) is 5.56 Å². The van der Waals surface area contributed by atoms with Crippen molar-refractivity contribution in [3.63, 3.8) is 0 Å². The summed E-state index contributed by atoms with van der Waals surface area (Å²) in [7, 11) is 1.35. The highest BCUT2D eigenvalue weighted by atomic mass is 16.5. The Morgan fingerprint density at radius 2 is 1.53 bits per heavy atom. The number of hydrogen-bond acceptors (Lipinski definition) is 5. The molecule has 0 unspecified atom stereocenters. The fraction of sp³-hybridized carbons (Fsp3) is 0.125. The maximum atomic E-state index is 12.0. The number of amides is 1. The molecule has 0 spiro atoms. The molecule has 0 saturated carbocycles. The number of esters is 1. The van der Waals surface area contributed by atoms with Gasteiger partial charge in [-0.15, -0.1) is 0 Å². The molecule has 30 heavy (non-hydrogen) atoms. The molecule has 0 aliphatic heterocycles. The lowest BCUT2D eigenvalue weighted by Gasteiger charge is -2.07. The third-order valence-electron chi connectivity index (χ3n) is 4.35. The predicted octanol–water partition coefficient (Wildman–Crippen LogP) is 4.12. The van der Waals surface area contributed by atoms with Crippen molar-refractivity contribution < 1.29 is 19.1 Å². The zero-order valence-corrected chi connectivity index (χ0v) is 16.8. The molecular formula is C24H22N2O4. The van der Waals surface area contributed by atoms with Crippen molar-refractivity contribution in [1.29, 1.82) is 0 Å². The van der Waals surface area contributed by atoms with Crippen LogP contribution in [0.4, 0.5) is 0 Å². The summed E-state index contributed by atoms with van der Waals surface area (Å²) < 4.78 is 10.4. The SMILES string of the molecule is COC(=O)c1ccc(COc2ccc(/C=N/NC(=O)c3ccc(C)cc3)cc2)cc1. The minimum atomic E-state index is -0.366. The molecule has 6 heteroatoms. The molecule has 0 bridgehead atoms. The zero-order valence-electron chi connectivity index (χ0n) is 16.8. The number of ether oxygens (including phenoxy) is 2. The summed E-state index contributed by atoms with van der Waals surface area (Å²) in [5.41, 5.74) is 6.43. The van der Waals surface area contributed by atoms with Crippen LogP contribution in [0.3, 0.4) is 0 Å². The van der Waals surface area contributed by atoms with Crippen LogP contribution >= 0.6 is 0 Å². The van der Waals surface area contributed by atoms with Crippen molar-refractivity contribution in [3.05, 3.63) is 101 Å². The summed E-state index contributed by atoms with van der Waals surface area (Å²) >= 11 is 0. The monoisotopic (exact) mass is 402 g/mol. The molecule has 1 N–H and O–H groups in total. The fourth-order valence-electron chi connectivity index (χ4n) is 2.61. The molecule has 6 nitrogen and oxygen atoms in total. The van der Waals surface area contributed by atoms with E-state index in [4.69, 9.17) is 4.74 Å². The highest BCUT2D eigenvalue weighted by Gasteiger charge is 2.05. The first-order valence-electron chi connectivity index (χ1n) is 9.35. The molecule has 0 fully saturated rings. The van der Waals surface area contributed by atoms with Gasteiger partial charge in [-0.05, 0) is 66.6 Å². The third kappa shape index (κ3) is 5.78. The molecule has 0 saturated heterocycles. The van der Waals surface area contributed by atoms with E-state index < -0.39 is 0 Å². The van der Waals surface area contributed by atoms with Gasteiger partial charge in [0.15, 0.2) is 0 Å². The number of hydrogen-bond donors (Lipinski definition) is 1. The first-order valence-corrected chi connectivity index (χ1v) is 9.35. The Kier molecular flexibility index (Phi) is 6.95. The molecule has 3 rings (SSSR count). The van der Waals surface area contributed by atoms with E-state index >= 15 is 0 Å². The van der Waals surface area contributed by atoms with E-state index in [2.05, 4.69) is 15.3 Å². The second-order valence-electron chi connectivity index (χ2n) is 6.61. The normalized spacial score (nSPS) is 10.6. The van der Waals surface area contributed by atoms with Gasteiger partial charge in [-0.25, -0.2) is 10.2 Å². The molecule has 0 radical (unpaired) electrons. The van der Waals surface area contributed by atoms with E-state index in [-0.39, 0.29) is 11.9 Å². The number of carbonyl (C=O) groups excluding carboxylic acids is 2. The van der Waals surface area contributed by atoms with Crippen LogP contribution in [0.2, 0.25) is 0 Å². The van der Waals surface area contributed by atoms with E-state index in [1.165, 1.54) is 7.11 Å². The minimum Gasteiger partial charge on any atom is -0.489 e. The van der Waals surface area contributed by atoms with Gasteiger partial charge in [-0.3, -0.25) is 4.79 Å². The Morgan fingerprint density at radius 3 is 2.17 bits per heavy atom. The lowest BCUT2D eigenvalue weighted by Crippen LogP contribution is -2.17. The summed E-state index contributed by atoms with van der Waals surface area (Å²) in [4.78, 5) is 23.5. The number of carbonyl (C=O) groups is 2. The van der Waals surface area contributed by atoms with Gasteiger partial charge < -0.3 is 9.47 Å². The van der Waals surface area contributed by atoms with Gasteiger partial charge in [-0.2, -0.15) is 5.10 Å². The first kappa shape index (κ1) is 20.8. The quantitative estimate of drug-likeness (QED) is 0.366. The number of rotatable bonds is 7. The van der Waals surface area contributed by atoms with Crippen molar-refractivity contribution in [2.75, 3.05) is 7.11 Å². The molecule has 3 aromatic carbocycles. The number of nitrogens with zero attached hydrogens (tertiary/aromatic N) is 1. The summed E-state index contributed by atoms with van der Waals surface area (Å²) in [5, 5.41) is 3.99. The Bertz CT molecular complexity index is 1020. The maximum absolute atomic E-state index is 12.0. The number of nitrogens with one attached hydrogen (secondary N) is 1. The fourth-order valence-corrected chi connectivity index (χ4v) is 2.61. The van der Waals surface area contributed by atoms with E-state index in [1.54, 1.807) is 30.5 Å². The van der Waals surface area contributed by atoms with E-state index in [0.29, 0.717) is 23.5 Å². The number of methoxy groups -OCH3 is 1. The van der Waals surface area contributed by atoms with Crippen LogP contribution in [0.15, 0.2) is 77.9 Å². The predicted molar refractivity (Wildman–Crippen MR) is 115 cm³/mol. The van der Waals surface area contributed by atoms with Crippen LogP contribution in [0, 0.1) is 6.92 Å². The maximum Gasteiger partial charge on any atom is 0.337 e. The summed E-state index contributed by atoms with van der Waals surface area (Å²) in [6.45, 7) is 2.34. The van der Waals surface area contributed by atoms with Crippen LogP contribution < -0.4 is 10.2 Å². The molecule has 0 heterocycles. The average molecular weight is 402 g/mol. The van der Waals surface area contributed by atoms with Crippen molar-refractivity contribution in [2.45, 2.75) is 13.5 Å². The average Bonchev–Trinajstić information content (AvgIpc) is 2.78. The smallest absolute Gasteiger partial charge is 0.337 e. The number of hydrazone groups is 1. The van der Waals surface area contributed by atoms with Crippen LogP contribution in [0.1, 0.15) is 37.4 Å². The van der Waals surface area contributed by atoms with E-state index in [0.717, 1.165) is 16.7 Å². The molecular weight excluding hydrogens is 380 g/mol. The standard InChI is InChI=1S/C24H22N2O4/c1-17-3-9-20(10-4-17)23(27)26-25-15-18-7-13-22(14-8-18)30-16-19-5-11-21(12-6-19)24(28)29-2/h3-15H,16H2,1-2H3,(H,26,27)/b25-15+. The molecule has 0 aliphatic carbocycles. The van der Waals surface area contributed by atoms with Gasteiger partial charge in [0.05, 0.1) is 18.9 Å². The molecule has 3 aromatic rings. The Labute approximate surface area is 175 Å². The van der Waals surface area contributed by atoms with Crippen molar-refractivity contribution in [3.8, 4) is 5.75 Å². The van der Waals surface area contributed by atoms with Gasteiger partial charge in [-0.1, -0.05) is 29.8 Å². The van der Waals surface area contributed by atoms with Gasteiger partial charge >= 0.3 is 5.97 Å². The van der Waals surface area contributed by atoms with Crippen LogP contribution in [0.25, 0.3) is 0 Å². The lowest BCUT2D eigenvalue weighted by molar-refractivity contribution is 0.0600. The topological polar surface area (TPSA) is 77.0 Å². The minimum absolute atomic E-state index is 0.260. The van der Waals surface area contributed by atoms with Crippen molar-refractivity contribution >= 4 is 18.1 Å². The Hall–Kier alpha value is -3.93. The first-order chi connectivity index (χ1) is 14.5. The summed E-state index contributed by atoms with van der Waals surface area (Å²) in [5.74, 6) is 0.0760. The third-order valence-corrected chi connectivity index (χ3v) is 4.35. The molecule has 0 atom stereocenters. The van der Waals surface area contributed by atoms with Gasteiger partial charge in [0.2, 0.25) is 0 Å². The van der Waals surface area contributed by atoms with Crippen molar-refractivity contribution in [1.82, 2.24) is 5.43 Å². The Morgan fingerprint density at radius 1 is 0.900 bits per heavy atom. The van der Waals surface area contributed by atoms with E-state index in [1.807, 2.05) is 55.5 Å². The lowest BCUT2D eigenvalue weighted by atomic mass is 10.1. The highest BCUT2D eigenvalue weighted by Crippen LogP contribution is 2.14. The number of aryl methyl sites for hydroxylation is 1. The van der Waals surface area contributed by atoms with Gasteiger partial charge in [0.25, 0.3) is 5.91 Å². The number of benzene rings is 3. The largest absolute Gasteiger partial charge is 0.489 e. The second kappa shape index (κ2) is 10.0. The van der Waals surface area contributed by atoms with Gasteiger partial charge in [0.1, 0.15) is 12.4 Å².